The number of aromatic nitrogens is 3. The fraction of sp³-hybridized carbons (Fsp3) is 0.538. The third kappa shape index (κ3) is 2.29. The second-order valence-corrected chi connectivity index (χ2v) is 5.14. The minimum Gasteiger partial charge on any atom is -0.461 e. The van der Waals surface area contributed by atoms with Crippen molar-refractivity contribution in [2.24, 2.45) is 0 Å². The molecule has 3 rings (SSSR count). The number of nitrogens with one attached hydrogen (secondary N) is 1. The van der Waals surface area contributed by atoms with Gasteiger partial charge in [-0.1, -0.05) is 0 Å². The largest absolute Gasteiger partial charge is 0.461 e. The fourth-order valence-electron chi connectivity index (χ4n) is 2.32. The zero-order valence-corrected chi connectivity index (χ0v) is 11.2. The number of aromatic amines is 1. The molecule has 6 nitrogen and oxygen atoms in total. The monoisotopic (exact) mass is 262 g/mol. The molecule has 0 radical (unpaired) electrons. The molecule has 102 valence electrons. The summed E-state index contributed by atoms with van der Waals surface area (Å²) in [5.41, 5.74) is -0.193. The third-order valence-electron chi connectivity index (χ3n) is 3.61. The Morgan fingerprint density at radius 3 is 2.79 bits per heavy atom. The lowest BCUT2D eigenvalue weighted by atomic mass is 10.0. The predicted octanol–water partition coefficient (Wildman–Crippen LogP) is 1.63. The summed E-state index contributed by atoms with van der Waals surface area (Å²) in [5, 5.41) is 7.26. The van der Waals surface area contributed by atoms with Crippen LogP contribution in [0.4, 0.5) is 0 Å². The molecule has 0 spiro atoms. The number of hydrogen-bond donors (Lipinski definition) is 1. The molecular weight excluding hydrogens is 244 g/mol. The topological polar surface area (TPSA) is 67.2 Å². The molecule has 2 aromatic rings. The number of rotatable bonds is 3. The average Bonchev–Trinajstić information content (AvgIpc) is 3.10. The number of nitrogens with zero attached hydrogens (tertiary/aromatic N) is 3. The minimum atomic E-state index is -0.193. The third-order valence-corrected chi connectivity index (χ3v) is 3.61. The summed E-state index contributed by atoms with van der Waals surface area (Å²) in [4.78, 5) is 6.91. The SMILES string of the molecule is CC(C)(c1nc(-c2ccco2)n[nH]1)N1CCOCC1. The molecule has 0 unspecified atom stereocenters. The van der Waals surface area contributed by atoms with Gasteiger partial charge in [0.2, 0.25) is 5.82 Å². The van der Waals surface area contributed by atoms with Crippen LogP contribution in [-0.2, 0) is 10.3 Å². The van der Waals surface area contributed by atoms with Gasteiger partial charge in [0.15, 0.2) is 5.76 Å². The highest BCUT2D eigenvalue weighted by Crippen LogP contribution is 2.27. The van der Waals surface area contributed by atoms with Crippen LogP contribution in [0, 0.1) is 0 Å². The van der Waals surface area contributed by atoms with Gasteiger partial charge in [-0.05, 0) is 26.0 Å². The van der Waals surface area contributed by atoms with E-state index in [1.807, 2.05) is 12.1 Å². The number of morpholine rings is 1. The zero-order valence-electron chi connectivity index (χ0n) is 11.2. The lowest BCUT2D eigenvalue weighted by molar-refractivity contribution is -0.0146. The van der Waals surface area contributed by atoms with Gasteiger partial charge in [-0.3, -0.25) is 10.00 Å². The Kier molecular flexibility index (Phi) is 3.12. The van der Waals surface area contributed by atoms with E-state index in [1.54, 1.807) is 6.26 Å². The van der Waals surface area contributed by atoms with Crippen molar-refractivity contribution in [1.82, 2.24) is 20.1 Å². The first kappa shape index (κ1) is 12.4. The molecule has 3 heterocycles. The minimum absolute atomic E-state index is 0.193. The van der Waals surface area contributed by atoms with Crippen molar-refractivity contribution in [2.75, 3.05) is 26.3 Å². The lowest BCUT2D eigenvalue weighted by Crippen LogP contribution is -2.48. The second kappa shape index (κ2) is 4.79. The first-order valence-corrected chi connectivity index (χ1v) is 6.47. The quantitative estimate of drug-likeness (QED) is 0.910. The highest BCUT2D eigenvalue weighted by Gasteiger charge is 2.33. The summed E-state index contributed by atoms with van der Waals surface area (Å²) in [6.45, 7) is 7.63. The van der Waals surface area contributed by atoms with Gasteiger partial charge < -0.3 is 9.15 Å². The summed E-state index contributed by atoms with van der Waals surface area (Å²) in [6, 6.07) is 3.69. The Labute approximate surface area is 111 Å². The van der Waals surface area contributed by atoms with Crippen LogP contribution in [0.15, 0.2) is 22.8 Å². The van der Waals surface area contributed by atoms with E-state index >= 15 is 0 Å². The molecule has 0 aliphatic carbocycles. The first-order chi connectivity index (χ1) is 9.18. The maximum atomic E-state index is 5.39. The Morgan fingerprint density at radius 1 is 1.32 bits per heavy atom. The molecule has 0 amide bonds. The van der Waals surface area contributed by atoms with Gasteiger partial charge in [0.05, 0.1) is 25.0 Å². The van der Waals surface area contributed by atoms with Crippen LogP contribution in [0.25, 0.3) is 11.6 Å². The van der Waals surface area contributed by atoms with Gasteiger partial charge >= 0.3 is 0 Å². The van der Waals surface area contributed by atoms with E-state index < -0.39 is 0 Å². The van der Waals surface area contributed by atoms with Crippen molar-refractivity contribution in [3.8, 4) is 11.6 Å². The highest BCUT2D eigenvalue weighted by molar-refractivity contribution is 5.45. The van der Waals surface area contributed by atoms with Gasteiger partial charge in [0.25, 0.3) is 0 Å². The van der Waals surface area contributed by atoms with Crippen LogP contribution in [0.5, 0.6) is 0 Å². The van der Waals surface area contributed by atoms with Crippen molar-refractivity contribution < 1.29 is 9.15 Å². The predicted molar refractivity (Wildman–Crippen MR) is 69.5 cm³/mol. The second-order valence-electron chi connectivity index (χ2n) is 5.14. The maximum absolute atomic E-state index is 5.39. The van der Waals surface area contributed by atoms with E-state index in [0.29, 0.717) is 11.6 Å². The van der Waals surface area contributed by atoms with Crippen LogP contribution in [0.2, 0.25) is 0 Å². The number of ether oxygens (including phenoxy) is 1. The van der Waals surface area contributed by atoms with Gasteiger partial charge in [-0.2, -0.15) is 0 Å². The average molecular weight is 262 g/mol. The standard InChI is InChI=1S/C13H18N4O2/c1-13(2,17-5-8-18-9-6-17)12-14-11(15-16-12)10-4-3-7-19-10/h3-4,7H,5-6,8-9H2,1-2H3,(H,14,15,16). The lowest BCUT2D eigenvalue weighted by Gasteiger charge is -2.39. The summed E-state index contributed by atoms with van der Waals surface area (Å²) in [5.74, 6) is 2.13. The number of H-pyrrole nitrogens is 1. The Balaban J connectivity index is 1.84. The van der Waals surface area contributed by atoms with Gasteiger partial charge in [-0.25, -0.2) is 4.98 Å². The number of hydrogen-bond acceptors (Lipinski definition) is 5. The van der Waals surface area contributed by atoms with Gasteiger partial charge in [0.1, 0.15) is 5.82 Å². The van der Waals surface area contributed by atoms with E-state index in [4.69, 9.17) is 9.15 Å². The highest BCUT2D eigenvalue weighted by atomic mass is 16.5. The number of furan rings is 1. The van der Waals surface area contributed by atoms with Gasteiger partial charge in [0, 0.05) is 13.1 Å². The Morgan fingerprint density at radius 2 is 2.11 bits per heavy atom. The molecule has 0 aromatic carbocycles. The Bertz CT molecular complexity index is 527. The van der Waals surface area contributed by atoms with Crippen molar-refractivity contribution in [2.45, 2.75) is 19.4 Å². The summed E-state index contributed by atoms with van der Waals surface area (Å²) in [6.07, 6.45) is 1.62. The van der Waals surface area contributed by atoms with E-state index in [2.05, 4.69) is 33.9 Å². The van der Waals surface area contributed by atoms with Crippen LogP contribution >= 0.6 is 0 Å². The van der Waals surface area contributed by atoms with Crippen LogP contribution < -0.4 is 0 Å². The zero-order chi connectivity index (χ0) is 13.3. The summed E-state index contributed by atoms with van der Waals surface area (Å²) < 4.78 is 10.7. The molecule has 2 aromatic heterocycles. The van der Waals surface area contributed by atoms with Gasteiger partial charge in [-0.15, -0.1) is 5.10 Å². The first-order valence-electron chi connectivity index (χ1n) is 6.47. The van der Waals surface area contributed by atoms with Crippen molar-refractivity contribution in [3.63, 3.8) is 0 Å². The van der Waals surface area contributed by atoms with E-state index in [9.17, 15) is 0 Å². The molecule has 1 saturated heterocycles. The fourth-order valence-corrected chi connectivity index (χ4v) is 2.32. The molecule has 0 bridgehead atoms. The molecule has 1 aliphatic rings. The van der Waals surface area contributed by atoms with E-state index in [-0.39, 0.29) is 5.54 Å². The van der Waals surface area contributed by atoms with Crippen molar-refractivity contribution in [3.05, 3.63) is 24.2 Å². The molecule has 1 N–H and O–H groups in total. The molecular formula is C13H18N4O2. The van der Waals surface area contributed by atoms with Crippen LogP contribution in [0.1, 0.15) is 19.7 Å². The maximum Gasteiger partial charge on any atom is 0.216 e. The molecule has 0 atom stereocenters. The molecule has 6 heteroatoms. The summed E-state index contributed by atoms with van der Waals surface area (Å²) in [7, 11) is 0. The molecule has 0 saturated carbocycles. The van der Waals surface area contributed by atoms with E-state index in [0.717, 1.165) is 32.1 Å². The van der Waals surface area contributed by atoms with E-state index in [1.165, 1.54) is 0 Å². The smallest absolute Gasteiger partial charge is 0.216 e. The Hall–Kier alpha value is -1.66. The van der Waals surface area contributed by atoms with Crippen molar-refractivity contribution >= 4 is 0 Å². The van der Waals surface area contributed by atoms with Crippen LogP contribution in [-0.4, -0.2) is 46.4 Å². The normalized spacial score (nSPS) is 17.8. The molecule has 19 heavy (non-hydrogen) atoms. The van der Waals surface area contributed by atoms with Crippen LogP contribution in [0.3, 0.4) is 0 Å². The summed E-state index contributed by atoms with van der Waals surface area (Å²) >= 11 is 0. The molecule has 1 aliphatic heterocycles. The molecule has 1 fully saturated rings. The van der Waals surface area contributed by atoms with Crippen molar-refractivity contribution in [1.29, 1.82) is 0 Å².